The van der Waals surface area contributed by atoms with Crippen LogP contribution in [0.5, 0.6) is 0 Å². The highest BCUT2D eigenvalue weighted by atomic mass is 32.2. The van der Waals surface area contributed by atoms with Crippen molar-refractivity contribution in [2.45, 2.75) is 17.7 Å². The van der Waals surface area contributed by atoms with E-state index in [0.717, 1.165) is 18.4 Å². The Morgan fingerprint density at radius 1 is 1.00 bits per heavy atom. The molecule has 3 aromatic carbocycles. The second-order valence-corrected chi connectivity index (χ2v) is 8.85. The average Bonchev–Trinajstić information content (AvgIpc) is 2.79. The molecule has 0 aliphatic carbocycles. The van der Waals surface area contributed by atoms with Crippen molar-refractivity contribution in [3.63, 3.8) is 0 Å². The van der Waals surface area contributed by atoms with Crippen molar-refractivity contribution in [2.24, 2.45) is 0 Å². The van der Waals surface area contributed by atoms with Gasteiger partial charge < -0.3 is 5.32 Å². The number of nitriles is 1. The van der Waals surface area contributed by atoms with E-state index in [4.69, 9.17) is 5.26 Å². The number of amides is 1. The first kappa shape index (κ1) is 19.7. The van der Waals surface area contributed by atoms with Crippen LogP contribution in [0, 0.1) is 11.3 Å². The average molecular weight is 417 g/mol. The summed E-state index contributed by atoms with van der Waals surface area (Å²) in [7, 11) is -3.70. The molecule has 1 aliphatic heterocycles. The van der Waals surface area contributed by atoms with Gasteiger partial charge >= 0.3 is 0 Å². The van der Waals surface area contributed by atoms with Crippen LogP contribution in [-0.4, -0.2) is 20.9 Å². The molecule has 1 amide bonds. The largest absolute Gasteiger partial charge is 0.322 e. The Bertz CT molecular complexity index is 1250. The Morgan fingerprint density at radius 3 is 2.57 bits per heavy atom. The molecule has 1 heterocycles. The second kappa shape index (κ2) is 8.01. The molecule has 3 aromatic rings. The van der Waals surface area contributed by atoms with Crippen LogP contribution in [0.4, 0.5) is 11.4 Å². The quantitative estimate of drug-likeness (QED) is 0.696. The molecule has 1 aliphatic rings. The van der Waals surface area contributed by atoms with E-state index in [1.54, 1.807) is 60.7 Å². The molecule has 0 aromatic heterocycles. The Labute approximate surface area is 175 Å². The molecule has 4 rings (SSSR count). The minimum Gasteiger partial charge on any atom is -0.322 e. The lowest BCUT2D eigenvalue weighted by atomic mass is 10.0. The summed E-state index contributed by atoms with van der Waals surface area (Å²) in [4.78, 5) is 12.8. The summed E-state index contributed by atoms with van der Waals surface area (Å²) < 4.78 is 27.8. The highest BCUT2D eigenvalue weighted by Crippen LogP contribution is 2.34. The standard InChI is InChI=1S/C23H19N3O3S/c24-16-17-6-4-7-19(14-17)23(27)25-20-12-11-18-8-5-13-26(22(18)15-20)30(28,29)21-9-2-1-3-10-21/h1-4,6-7,9-12,14-15H,5,8,13H2,(H,25,27). The third-order valence-electron chi connectivity index (χ3n) is 5.00. The van der Waals surface area contributed by atoms with E-state index in [-0.39, 0.29) is 10.8 Å². The van der Waals surface area contributed by atoms with E-state index >= 15 is 0 Å². The lowest BCUT2D eigenvalue weighted by Crippen LogP contribution is -2.35. The van der Waals surface area contributed by atoms with Crippen LogP contribution in [-0.2, 0) is 16.4 Å². The second-order valence-electron chi connectivity index (χ2n) is 6.98. The highest BCUT2D eigenvalue weighted by molar-refractivity contribution is 7.92. The van der Waals surface area contributed by atoms with Crippen LogP contribution in [0.15, 0.2) is 77.7 Å². The van der Waals surface area contributed by atoms with Crippen LogP contribution >= 0.6 is 0 Å². The number of rotatable bonds is 4. The van der Waals surface area contributed by atoms with Gasteiger partial charge in [-0.25, -0.2) is 8.42 Å². The van der Waals surface area contributed by atoms with Crippen LogP contribution in [0.25, 0.3) is 0 Å². The third-order valence-corrected chi connectivity index (χ3v) is 6.83. The number of carbonyl (C=O) groups is 1. The van der Waals surface area contributed by atoms with Crippen LogP contribution < -0.4 is 9.62 Å². The molecule has 0 spiro atoms. The van der Waals surface area contributed by atoms with Crippen molar-refractivity contribution < 1.29 is 13.2 Å². The van der Waals surface area contributed by atoms with E-state index in [2.05, 4.69) is 5.32 Å². The predicted octanol–water partition coefficient (Wildman–Crippen LogP) is 3.95. The number of aryl methyl sites for hydroxylation is 1. The molecule has 0 unspecified atom stereocenters. The topological polar surface area (TPSA) is 90.3 Å². The zero-order valence-corrected chi connectivity index (χ0v) is 16.9. The fourth-order valence-corrected chi connectivity index (χ4v) is 5.08. The molecule has 30 heavy (non-hydrogen) atoms. The van der Waals surface area contributed by atoms with Gasteiger partial charge in [0.15, 0.2) is 0 Å². The first-order valence-electron chi connectivity index (χ1n) is 9.51. The number of nitrogens with zero attached hydrogens (tertiary/aromatic N) is 2. The van der Waals surface area contributed by atoms with Crippen molar-refractivity contribution in [1.29, 1.82) is 5.26 Å². The maximum atomic E-state index is 13.2. The van der Waals surface area contributed by atoms with Gasteiger partial charge in [-0.05, 0) is 60.9 Å². The SMILES string of the molecule is N#Cc1cccc(C(=O)Nc2ccc3c(c2)N(S(=O)(=O)c2ccccc2)CCC3)c1. The van der Waals surface area contributed by atoms with Gasteiger partial charge in [-0.2, -0.15) is 5.26 Å². The normalized spacial score (nSPS) is 13.2. The van der Waals surface area contributed by atoms with Crippen molar-refractivity contribution in [1.82, 2.24) is 0 Å². The van der Waals surface area contributed by atoms with Gasteiger partial charge in [-0.3, -0.25) is 9.10 Å². The number of benzene rings is 3. The highest BCUT2D eigenvalue weighted by Gasteiger charge is 2.29. The van der Waals surface area contributed by atoms with E-state index in [1.807, 2.05) is 12.1 Å². The number of hydrogen-bond acceptors (Lipinski definition) is 4. The van der Waals surface area contributed by atoms with Gasteiger partial charge in [0, 0.05) is 17.8 Å². The summed E-state index contributed by atoms with van der Waals surface area (Å²) >= 11 is 0. The van der Waals surface area contributed by atoms with Crippen molar-refractivity contribution in [3.8, 4) is 6.07 Å². The molecular weight excluding hydrogens is 398 g/mol. The van der Waals surface area contributed by atoms with Crippen molar-refractivity contribution >= 4 is 27.3 Å². The summed E-state index contributed by atoms with van der Waals surface area (Å²) in [5.74, 6) is -0.361. The smallest absolute Gasteiger partial charge is 0.264 e. The molecule has 6 nitrogen and oxygen atoms in total. The van der Waals surface area contributed by atoms with Crippen LogP contribution in [0.3, 0.4) is 0 Å². The molecular formula is C23H19N3O3S. The summed E-state index contributed by atoms with van der Waals surface area (Å²) in [5, 5.41) is 11.8. The maximum Gasteiger partial charge on any atom is 0.264 e. The third kappa shape index (κ3) is 3.78. The van der Waals surface area contributed by atoms with Gasteiger partial charge in [0.05, 0.1) is 22.2 Å². The molecule has 0 saturated heterocycles. The minimum atomic E-state index is -3.70. The Balaban J connectivity index is 1.66. The molecule has 7 heteroatoms. The first-order valence-corrected chi connectivity index (χ1v) is 11.0. The molecule has 0 atom stereocenters. The van der Waals surface area contributed by atoms with Gasteiger partial charge in [0.25, 0.3) is 15.9 Å². The minimum absolute atomic E-state index is 0.237. The maximum absolute atomic E-state index is 13.2. The molecule has 150 valence electrons. The Kier molecular flexibility index (Phi) is 5.25. The summed E-state index contributed by atoms with van der Waals surface area (Å²) in [5.41, 5.74) is 2.75. The summed E-state index contributed by atoms with van der Waals surface area (Å²) in [6.07, 6.45) is 1.50. The number of carbonyl (C=O) groups excluding carboxylic acids is 1. The van der Waals surface area contributed by atoms with E-state index in [1.165, 1.54) is 10.4 Å². The van der Waals surface area contributed by atoms with E-state index < -0.39 is 10.0 Å². The monoisotopic (exact) mass is 417 g/mol. The summed E-state index contributed by atoms with van der Waals surface area (Å²) in [6.45, 7) is 0.381. The van der Waals surface area contributed by atoms with Crippen LogP contribution in [0.2, 0.25) is 0 Å². The molecule has 0 radical (unpaired) electrons. The first-order chi connectivity index (χ1) is 14.5. The zero-order chi connectivity index (χ0) is 21.1. The number of nitrogens with one attached hydrogen (secondary N) is 1. The van der Waals surface area contributed by atoms with Gasteiger partial charge in [0.1, 0.15) is 0 Å². The zero-order valence-electron chi connectivity index (χ0n) is 16.1. The lowest BCUT2D eigenvalue weighted by Gasteiger charge is -2.31. The number of sulfonamides is 1. The molecule has 1 N–H and O–H groups in total. The predicted molar refractivity (Wildman–Crippen MR) is 115 cm³/mol. The van der Waals surface area contributed by atoms with Gasteiger partial charge in [-0.1, -0.05) is 30.3 Å². The fourth-order valence-electron chi connectivity index (χ4n) is 3.52. The fraction of sp³-hybridized carbons (Fsp3) is 0.130. The van der Waals surface area contributed by atoms with E-state index in [9.17, 15) is 13.2 Å². The number of hydrogen-bond donors (Lipinski definition) is 1. The number of fused-ring (bicyclic) bond motifs is 1. The van der Waals surface area contributed by atoms with Crippen molar-refractivity contribution in [2.75, 3.05) is 16.2 Å². The molecule has 0 bridgehead atoms. The lowest BCUT2D eigenvalue weighted by molar-refractivity contribution is 0.102. The van der Waals surface area contributed by atoms with Gasteiger partial charge in [-0.15, -0.1) is 0 Å². The van der Waals surface area contributed by atoms with Gasteiger partial charge in [0.2, 0.25) is 0 Å². The molecule has 0 fully saturated rings. The Hall–Kier alpha value is -3.63. The molecule has 0 saturated carbocycles. The summed E-state index contributed by atoms with van der Waals surface area (Å²) in [6, 6.07) is 22.1. The van der Waals surface area contributed by atoms with Crippen molar-refractivity contribution in [3.05, 3.63) is 89.5 Å². The number of anilines is 2. The Morgan fingerprint density at radius 2 is 1.80 bits per heavy atom. The van der Waals surface area contributed by atoms with E-state index in [0.29, 0.717) is 29.0 Å². The van der Waals surface area contributed by atoms with Crippen LogP contribution in [0.1, 0.15) is 27.9 Å².